The highest BCUT2D eigenvalue weighted by Gasteiger charge is 2.45. The van der Waals surface area contributed by atoms with E-state index in [0.29, 0.717) is 101 Å². The van der Waals surface area contributed by atoms with Crippen molar-refractivity contribution in [3.8, 4) is 0 Å². The number of amides is 6. The van der Waals surface area contributed by atoms with Crippen LogP contribution < -0.4 is 20.9 Å². The first-order valence-electron chi connectivity index (χ1n) is 18.0. The molecule has 0 bridgehead atoms. The third kappa shape index (κ3) is 8.05. The molecule has 0 aliphatic carbocycles. The van der Waals surface area contributed by atoms with Crippen molar-refractivity contribution in [1.82, 2.24) is 30.1 Å². The van der Waals surface area contributed by atoms with E-state index >= 15 is 0 Å². The maximum absolute atomic E-state index is 13.4. The van der Waals surface area contributed by atoms with E-state index in [4.69, 9.17) is 11.6 Å². The van der Waals surface area contributed by atoms with Crippen LogP contribution in [0.2, 0.25) is 5.02 Å². The van der Waals surface area contributed by atoms with Gasteiger partial charge in [-0.15, -0.1) is 0 Å². The summed E-state index contributed by atoms with van der Waals surface area (Å²) >= 11 is 7.46. The Kier molecular flexibility index (Phi) is 10.9. The van der Waals surface area contributed by atoms with Gasteiger partial charge in [0.15, 0.2) is 5.13 Å². The number of anilines is 4. The minimum atomic E-state index is -1.02. The summed E-state index contributed by atoms with van der Waals surface area (Å²) in [6, 6.07) is 11.3. The molecule has 2 aromatic heterocycles. The van der Waals surface area contributed by atoms with Gasteiger partial charge in [-0.3, -0.25) is 39.0 Å². The van der Waals surface area contributed by atoms with Gasteiger partial charge in [0.1, 0.15) is 28.4 Å². The quantitative estimate of drug-likeness (QED) is 0.142. The first-order chi connectivity index (χ1) is 26.5. The summed E-state index contributed by atoms with van der Waals surface area (Å²) in [5.74, 6) is -0.592. The summed E-state index contributed by atoms with van der Waals surface area (Å²) in [6.45, 7) is 5.89. The average Bonchev–Trinajstić information content (AvgIpc) is 3.73. The van der Waals surface area contributed by atoms with Crippen LogP contribution in [0.15, 0.2) is 48.7 Å². The Balaban J connectivity index is 0.887. The van der Waals surface area contributed by atoms with Crippen LogP contribution in [0.5, 0.6) is 0 Å². The van der Waals surface area contributed by atoms with Crippen molar-refractivity contribution in [2.45, 2.75) is 58.4 Å². The fourth-order valence-corrected chi connectivity index (χ4v) is 8.01. The van der Waals surface area contributed by atoms with E-state index in [2.05, 4.69) is 35.8 Å². The van der Waals surface area contributed by atoms with Crippen molar-refractivity contribution in [3.63, 3.8) is 0 Å². The number of nitrogens with one attached hydrogen (secondary N) is 3. The number of piperazine rings is 1. The zero-order chi connectivity index (χ0) is 38.8. The molecule has 0 saturated carbocycles. The van der Waals surface area contributed by atoms with E-state index < -0.39 is 29.7 Å². The zero-order valence-corrected chi connectivity index (χ0v) is 31.8. The Morgan fingerprint density at radius 3 is 2.53 bits per heavy atom. The van der Waals surface area contributed by atoms with Crippen LogP contribution >= 0.6 is 22.9 Å². The first kappa shape index (κ1) is 37.6. The van der Waals surface area contributed by atoms with Crippen LogP contribution in [0.1, 0.15) is 79.4 Å². The summed E-state index contributed by atoms with van der Waals surface area (Å²) in [4.78, 5) is 95.5. The summed E-state index contributed by atoms with van der Waals surface area (Å²) in [5, 5.41) is 9.21. The van der Waals surface area contributed by atoms with E-state index in [9.17, 15) is 28.8 Å². The zero-order valence-electron chi connectivity index (χ0n) is 30.2. The lowest BCUT2D eigenvalue weighted by atomic mass is 9.98. The third-order valence-electron chi connectivity index (χ3n) is 9.85. The lowest BCUT2D eigenvalue weighted by Gasteiger charge is -2.35. The second-order valence-corrected chi connectivity index (χ2v) is 15.0. The maximum atomic E-state index is 13.4. The number of thiazole rings is 1. The van der Waals surface area contributed by atoms with Crippen molar-refractivity contribution >= 4 is 80.8 Å². The number of unbranched alkanes of at least 4 members (excludes halogenated alkanes) is 1. The Hall–Kier alpha value is -5.74. The van der Waals surface area contributed by atoms with Crippen LogP contribution in [0, 0.1) is 13.8 Å². The molecule has 7 rings (SSSR count). The van der Waals surface area contributed by atoms with Gasteiger partial charge in [-0.25, -0.2) is 15.0 Å². The number of nitrogens with zero attached hydrogens (tertiary/aromatic N) is 6. The summed E-state index contributed by atoms with van der Waals surface area (Å²) in [5.41, 5.74) is 2.65. The number of carbonyl (C=O) groups excluding carboxylic acids is 6. The number of aryl methyl sites for hydroxylation is 3. The Bertz CT molecular complexity index is 2200. The van der Waals surface area contributed by atoms with Gasteiger partial charge < -0.3 is 20.4 Å². The molecule has 15 nitrogen and oxygen atoms in total. The molecule has 3 N–H and O–H groups in total. The molecule has 2 saturated heterocycles. The van der Waals surface area contributed by atoms with Gasteiger partial charge in [-0.1, -0.05) is 47.2 Å². The molecule has 3 aliphatic rings. The minimum Gasteiger partial charge on any atom is -0.353 e. The number of aromatic nitrogens is 3. The van der Waals surface area contributed by atoms with E-state index in [1.807, 2.05) is 30.0 Å². The van der Waals surface area contributed by atoms with E-state index in [-0.39, 0.29) is 30.2 Å². The molecule has 4 aromatic rings. The molecular formula is C38H38ClN9O6S. The van der Waals surface area contributed by atoms with Crippen molar-refractivity contribution in [2.75, 3.05) is 41.7 Å². The summed E-state index contributed by atoms with van der Waals surface area (Å²) in [6.07, 6.45) is 3.72. The van der Waals surface area contributed by atoms with Gasteiger partial charge in [0.2, 0.25) is 17.7 Å². The molecule has 284 valence electrons. The van der Waals surface area contributed by atoms with Gasteiger partial charge in [-0.05, 0) is 62.8 Å². The number of carbonyl (C=O) groups is 6. The molecule has 1 atom stereocenters. The van der Waals surface area contributed by atoms with Crippen LogP contribution in [0.25, 0.3) is 0 Å². The van der Waals surface area contributed by atoms with Crippen molar-refractivity contribution in [2.24, 2.45) is 0 Å². The third-order valence-corrected chi connectivity index (χ3v) is 11.1. The monoisotopic (exact) mass is 783 g/mol. The second kappa shape index (κ2) is 15.9. The first-order valence-corrected chi connectivity index (χ1v) is 19.2. The van der Waals surface area contributed by atoms with Gasteiger partial charge in [0, 0.05) is 45.1 Å². The standard InChI is InChI=1S/C38H38ClN9O6S/c1-21-7-5-11-25(39)33(21)45-35(52)27-20-40-38(55-27)43-28-19-29(42-22(2)41-28)46-15-17-47(18-16-46)31(50)12-4-3-8-23-9-6-10-24-32(23)37(54)48(36(24)53)26-13-14-30(49)44-34(26)51/h5-7,9-11,19-20,26H,3-4,8,12-18H2,1-2H3,(H,45,52)(H,44,49,51)(H,40,41,42,43). The van der Waals surface area contributed by atoms with Gasteiger partial charge in [-0.2, -0.15) is 0 Å². The van der Waals surface area contributed by atoms with Crippen LogP contribution in [0.3, 0.4) is 0 Å². The summed E-state index contributed by atoms with van der Waals surface area (Å²) in [7, 11) is 0. The van der Waals surface area contributed by atoms with Crippen LogP contribution in [-0.2, 0) is 20.8 Å². The highest BCUT2D eigenvalue weighted by atomic mass is 35.5. The van der Waals surface area contributed by atoms with Crippen LogP contribution in [-0.4, -0.2) is 92.4 Å². The number of rotatable bonds is 11. The molecule has 55 heavy (non-hydrogen) atoms. The fraction of sp³-hybridized carbons (Fsp3) is 0.342. The molecule has 17 heteroatoms. The molecule has 2 fully saturated rings. The Morgan fingerprint density at radius 2 is 1.76 bits per heavy atom. The highest BCUT2D eigenvalue weighted by Crippen LogP contribution is 2.32. The maximum Gasteiger partial charge on any atom is 0.267 e. The number of halogens is 1. The number of hydrogen-bond acceptors (Lipinski definition) is 12. The highest BCUT2D eigenvalue weighted by molar-refractivity contribution is 7.17. The topological polar surface area (TPSA) is 187 Å². The molecule has 0 radical (unpaired) electrons. The molecule has 5 heterocycles. The fourth-order valence-electron chi connectivity index (χ4n) is 7.02. The summed E-state index contributed by atoms with van der Waals surface area (Å²) < 4.78 is 0. The number of hydrogen-bond donors (Lipinski definition) is 3. The normalized spacial score (nSPS) is 17.0. The second-order valence-electron chi connectivity index (χ2n) is 13.6. The lowest BCUT2D eigenvalue weighted by molar-refractivity contribution is -0.136. The predicted molar refractivity (Wildman–Crippen MR) is 206 cm³/mol. The number of benzene rings is 2. The number of fused-ring (bicyclic) bond motifs is 1. The van der Waals surface area contributed by atoms with Crippen molar-refractivity contribution in [3.05, 3.63) is 86.6 Å². The molecule has 3 aliphatic heterocycles. The van der Waals surface area contributed by atoms with E-state index in [1.165, 1.54) is 17.5 Å². The molecule has 2 aromatic carbocycles. The largest absolute Gasteiger partial charge is 0.353 e. The van der Waals surface area contributed by atoms with Crippen molar-refractivity contribution < 1.29 is 28.8 Å². The number of piperidine rings is 1. The Morgan fingerprint density at radius 1 is 0.982 bits per heavy atom. The van der Waals surface area contributed by atoms with Gasteiger partial charge in [0.25, 0.3) is 17.7 Å². The SMILES string of the molecule is Cc1nc(Nc2ncc(C(=O)Nc3c(C)cccc3Cl)s2)cc(N2CCN(C(=O)CCCCc3cccc4c3C(=O)N(C3CCC(=O)NC3=O)C4=O)CC2)n1. The number of imide groups is 2. The van der Waals surface area contributed by atoms with E-state index in [1.54, 1.807) is 31.2 Å². The molecule has 6 amide bonds. The predicted octanol–water partition coefficient (Wildman–Crippen LogP) is 4.66. The van der Waals surface area contributed by atoms with Gasteiger partial charge in [0.05, 0.1) is 28.0 Å². The van der Waals surface area contributed by atoms with Gasteiger partial charge >= 0.3 is 0 Å². The molecule has 1 unspecified atom stereocenters. The minimum absolute atomic E-state index is 0.0442. The molecular weight excluding hydrogens is 746 g/mol. The van der Waals surface area contributed by atoms with Crippen molar-refractivity contribution in [1.29, 1.82) is 0 Å². The molecule has 0 spiro atoms. The smallest absolute Gasteiger partial charge is 0.267 e. The Labute approximate surface area is 325 Å². The van der Waals surface area contributed by atoms with Crippen LogP contribution in [0.4, 0.5) is 22.5 Å². The van der Waals surface area contributed by atoms with E-state index in [0.717, 1.165) is 10.5 Å². The lowest BCUT2D eigenvalue weighted by Crippen LogP contribution is -2.54. The number of para-hydroxylation sites is 1. The average molecular weight is 784 g/mol.